The van der Waals surface area contributed by atoms with E-state index in [1.54, 1.807) is 30.0 Å². The first-order valence-electron chi connectivity index (χ1n) is 17.1. The van der Waals surface area contributed by atoms with Crippen LogP contribution in [0, 0.1) is 10.1 Å². The number of thioether (sulfide) groups is 1. The molecule has 4 aromatic carbocycles. The Labute approximate surface area is 324 Å². The molecular formula is C38H35F3N6O7S2. The van der Waals surface area contributed by atoms with Crippen LogP contribution < -0.4 is 19.7 Å². The zero-order valence-electron chi connectivity index (χ0n) is 29.5. The number of nitrogens with one attached hydrogen (secondary N) is 2. The fourth-order valence-corrected chi connectivity index (χ4v) is 7.82. The Hall–Kier alpha value is -5.85. The number of nitro groups is 1. The van der Waals surface area contributed by atoms with Gasteiger partial charge in [-0.3, -0.25) is 24.8 Å². The number of anilines is 2. The van der Waals surface area contributed by atoms with Crippen LogP contribution in [0.3, 0.4) is 0 Å². The summed E-state index contributed by atoms with van der Waals surface area (Å²) in [4.78, 5) is 32.8. The van der Waals surface area contributed by atoms with Crippen molar-refractivity contribution < 1.29 is 41.2 Å². The van der Waals surface area contributed by atoms with E-state index in [1.165, 1.54) is 54.9 Å². The zero-order chi connectivity index (χ0) is 39.9. The molecule has 0 spiro atoms. The van der Waals surface area contributed by atoms with Gasteiger partial charge in [0.2, 0.25) is 0 Å². The number of rotatable bonds is 14. The summed E-state index contributed by atoms with van der Waals surface area (Å²) in [5.41, 5.74) is 1.91. The summed E-state index contributed by atoms with van der Waals surface area (Å²) in [5, 5.41) is 24.6. The van der Waals surface area contributed by atoms with Gasteiger partial charge in [-0.15, -0.1) is 24.9 Å². The van der Waals surface area contributed by atoms with Crippen molar-refractivity contribution >= 4 is 44.8 Å². The van der Waals surface area contributed by atoms with Crippen molar-refractivity contribution in [3.8, 4) is 22.6 Å². The fourth-order valence-electron chi connectivity index (χ4n) is 6.03. The second kappa shape index (κ2) is 17.3. The van der Waals surface area contributed by atoms with Gasteiger partial charge in [-0.25, -0.2) is 13.1 Å². The predicted octanol–water partition coefficient (Wildman–Crippen LogP) is 6.91. The molecule has 1 aliphatic rings. The highest BCUT2D eigenvalue weighted by molar-refractivity contribution is 7.99. The number of alkyl halides is 3. The molecule has 0 bridgehead atoms. The first-order valence-corrected chi connectivity index (χ1v) is 19.6. The third-order valence-corrected chi connectivity index (χ3v) is 11.0. The Morgan fingerprint density at radius 2 is 1.66 bits per heavy atom. The Bertz CT molecular complexity index is 2290. The Morgan fingerprint density at radius 1 is 0.929 bits per heavy atom. The lowest BCUT2D eigenvalue weighted by Gasteiger charge is -2.36. The molecule has 56 heavy (non-hydrogen) atoms. The molecule has 1 amide bonds. The minimum absolute atomic E-state index is 0.0540. The summed E-state index contributed by atoms with van der Waals surface area (Å²) in [6, 6.07) is 25.0. The maximum atomic E-state index is 13.1. The van der Waals surface area contributed by atoms with Crippen LogP contribution in [-0.4, -0.2) is 79.1 Å². The molecule has 2 heterocycles. The third kappa shape index (κ3) is 10.7. The monoisotopic (exact) mass is 808 g/mol. The van der Waals surface area contributed by atoms with Crippen LogP contribution in [0.15, 0.2) is 119 Å². The second-order valence-electron chi connectivity index (χ2n) is 12.6. The highest BCUT2D eigenvalue weighted by Gasteiger charge is 2.32. The third-order valence-electron chi connectivity index (χ3n) is 8.66. The Kier molecular flexibility index (Phi) is 12.3. The molecule has 0 unspecified atom stereocenters. The molecule has 1 aliphatic heterocycles. The highest BCUT2D eigenvalue weighted by Crippen LogP contribution is 2.32. The number of halogens is 3. The lowest BCUT2D eigenvalue weighted by Crippen LogP contribution is -2.46. The van der Waals surface area contributed by atoms with Crippen LogP contribution in [-0.2, 0) is 16.6 Å². The van der Waals surface area contributed by atoms with Gasteiger partial charge in [-0.05, 0) is 83.9 Å². The highest BCUT2D eigenvalue weighted by atomic mass is 32.2. The molecule has 5 aromatic rings. The number of carbonyl (C=O) groups is 1. The molecule has 1 fully saturated rings. The molecule has 18 heteroatoms. The molecule has 6 rings (SSSR count). The summed E-state index contributed by atoms with van der Waals surface area (Å²) in [6.45, 7) is 2.93. The van der Waals surface area contributed by atoms with Crippen LogP contribution in [0.4, 0.5) is 30.2 Å². The van der Waals surface area contributed by atoms with Crippen molar-refractivity contribution in [2.75, 3.05) is 48.7 Å². The summed E-state index contributed by atoms with van der Waals surface area (Å²) in [5.74, 6) is -0.826. The number of piperazine rings is 1. The number of hydrogen-bond donors (Lipinski definition) is 3. The molecule has 292 valence electrons. The lowest BCUT2D eigenvalue weighted by molar-refractivity contribution is -0.384. The van der Waals surface area contributed by atoms with Gasteiger partial charge in [0, 0.05) is 79.0 Å². The number of aromatic nitrogens is 1. The number of aromatic hydroxyl groups is 1. The number of hydrogen-bond acceptors (Lipinski definition) is 12. The van der Waals surface area contributed by atoms with Gasteiger partial charge < -0.3 is 20.1 Å². The van der Waals surface area contributed by atoms with Gasteiger partial charge in [0.05, 0.1) is 16.0 Å². The van der Waals surface area contributed by atoms with E-state index >= 15 is 0 Å². The van der Waals surface area contributed by atoms with E-state index in [0.29, 0.717) is 61.7 Å². The molecule has 0 aliphatic carbocycles. The van der Waals surface area contributed by atoms with Crippen molar-refractivity contribution in [1.29, 1.82) is 0 Å². The van der Waals surface area contributed by atoms with Crippen molar-refractivity contribution in [2.24, 2.45) is 0 Å². The van der Waals surface area contributed by atoms with Crippen LogP contribution in [0.1, 0.15) is 15.9 Å². The quantitative estimate of drug-likeness (QED) is 0.0460. The van der Waals surface area contributed by atoms with Gasteiger partial charge in [0.25, 0.3) is 21.6 Å². The van der Waals surface area contributed by atoms with Gasteiger partial charge in [-0.2, -0.15) is 0 Å². The number of amides is 1. The number of carbonyl (C=O) groups excluding carboxylic acids is 1. The van der Waals surface area contributed by atoms with Gasteiger partial charge in [0.15, 0.2) is 0 Å². The maximum Gasteiger partial charge on any atom is 0.573 e. The molecule has 13 nitrogen and oxygen atoms in total. The van der Waals surface area contributed by atoms with Crippen molar-refractivity contribution in [2.45, 2.75) is 22.7 Å². The van der Waals surface area contributed by atoms with Crippen LogP contribution in [0.2, 0.25) is 0 Å². The molecule has 0 radical (unpaired) electrons. The van der Waals surface area contributed by atoms with Crippen molar-refractivity contribution in [1.82, 2.24) is 14.6 Å². The number of benzene rings is 4. The first kappa shape index (κ1) is 39.8. The average Bonchev–Trinajstić information content (AvgIpc) is 3.16. The number of pyridine rings is 1. The summed E-state index contributed by atoms with van der Waals surface area (Å²) >= 11 is 1.56. The summed E-state index contributed by atoms with van der Waals surface area (Å²) in [7, 11) is -4.47. The molecule has 0 saturated carbocycles. The van der Waals surface area contributed by atoms with Crippen molar-refractivity contribution in [3.05, 3.63) is 131 Å². The van der Waals surface area contributed by atoms with E-state index in [2.05, 4.69) is 24.8 Å². The number of nitro benzene ring substituents is 1. The maximum absolute atomic E-state index is 13.1. The summed E-state index contributed by atoms with van der Waals surface area (Å²) in [6.07, 6.45) is -2.24. The topological polar surface area (TPSA) is 167 Å². The predicted molar refractivity (Wildman–Crippen MR) is 205 cm³/mol. The van der Waals surface area contributed by atoms with E-state index in [4.69, 9.17) is 0 Å². The largest absolute Gasteiger partial charge is 0.573 e. The molecule has 1 saturated heterocycles. The van der Waals surface area contributed by atoms with E-state index in [1.807, 2.05) is 35.1 Å². The Morgan fingerprint density at radius 3 is 2.34 bits per heavy atom. The van der Waals surface area contributed by atoms with E-state index in [9.17, 15) is 41.6 Å². The first-order chi connectivity index (χ1) is 26.7. The van der Waals surface area contributed by atoms with Crippen molar-refractivity contribution in [3.63, 3.8) is 0 Å². The van der Waals surface area contributed by atoms with Gasteiger partial charge in [-0.1, -0.05) is 18.2 Å². The van der Waals surface area contributed by atoms with E-state index in [-0.39, 0.29) is 22.7 Å². The molecular weight excluding hydrogens is 774 g/mol. The second-order valence-corrected chi connectivity index (χ2v) is 15.5. The summed E-state index contributed by atoms with van der Waals surface area (Å²) < 4.78 is 71.8. The lowest BCUT2D eigenvalue weighted by atomic mass is 10.0. The smallest absolute Gasteiger partial charge is 0.506 e. The molecule has 3 N–H and O–H groups in total. The normalized spacial score (nSPS) is 13.6. The SMILES string of the molecule is O=C(NS(=O)(=O)c1ccc(NCCSc2ccccc2)c([N+](=O)[O-])c1)c1ccc(N2CCN(Cc3cc(OC(F)(F)F)cc(-c4cncc(O)c4)c3)CC2)cc1. The standard InChI is InChI=1S/C38H35F3N6O7S2/c39-38(40,41)54-32-19-26(18-28(21-32)29-20-31(48)24-42-23-29)25-45-13-15-46(16-14-45)30-8-6-27(7-9-30)37(49)44-56(52,53)34-10-11-35(36(22-34)47(50)51)43-12-17-55-33-4-2-1-3-5-33/h1-11,18-24,43,48H,12-17,25H2,(H,44,49). The van der Waals surface area contributed by atoms with Crippen LogP contribution in [0.5, 0.6) is 11.5 Å². The molecule has 1 aromatic heterocycles. The van der Waals surface area contributed by atoms with Crippen LogP contribution in [0.25, 0.3) is 11.1 Å². The molecule has 0 atom stereocenters. The van der Waals surface area contributed by atoms with Crippen LogP contribution >= 0.6 is 11.8 Å². The minimum atomic E-state index is -4.89. The fraction of sp³-hybridized carbons (Fsp3) is 0.211. The zero-order valence-corrected chi connectivity index (χ0v) is 31.1. The Balaban J connectivity index is 1.04. The van der Waals surface area contributed by atoms with E-state index < -0.39 is 37.8 Å². The number of nitrogens with zero attached hydrogens (tertiary/aromatic N) is 4. The van der Waals surface area contributed by atoms with Gasteiger partial charge >= 0.3 is 6.36 Å². The van der Waals surface area contributed by atoms with E-state index in [0.717, 1.165) is 16.6 Å². The number of ether oxygens (including phenoxy) is 1. The minimum Gasteiger partial charge on any atom is -0.506 e. The van der Waals surface area contributed by atoms with Gasteiger partial charge in [0.1, 0.15) is 17.2 Å². The average molecular weight is 809 g/mol. The number of sulfonamides is 1.